The quantitative estimate of drug-likeness (QED) is 0.209. The molecule has 0 bridgehead atoms. The van der Waals surface area contributed by atoms with Crippen molar-refractivity contribution in [3.63, 3.8) is 0 Å². The average Bonchev–Trinajstić information content (AvgIpc) is 2.59. The Kier molecular flexibility index (Phi) is 10.2. The van der Waals surface area contributed by atoms with Gasteiger partial charge in [-0.3, -0.25) is 4.79 Å². The highest BCUT2D eigenvalue weighted by atomic mass is 16.5. The monoisotopic (exact) mass is 360 g/mol. The van der Waals surface area contributed by atoms with E-state index >= 15 is 0 Å². The lowest BCUT2D eigenvalue weighted by molar-refractivity contribution is -0.139. The van der Waals surface area contributed by atoms with E-state index < -0.39 is 5.63 Å². The van der Waals surface area contributed by atoms with Gasteiger partial charge < -0.3 is 18.7 Å². The molecule has 0 atom stereocenters. The number of aryl methyl sites for hydroxylation is 1. The zero-order chi connectivity index (χ0) is 19.2. The highest BCUT2D eigenvalue weighted by molar-refractivity contribution is 5.66. The van der Waals surface area contributed by atoms with E-state index in [1.807, 2.05) is 6.92 Å². The van der Waals surface area contributed by atoms with Crippen LogP contribution >= 0.6 is 0 Å². The second kappa shape index (κ2) is 12.5. The van der Waals surface area contributed by atoms with E-state index in [4.69, 9.17) is 13.9 Å². The Balaban J connectivity index is 2.60. The number of unbranched alkanes of at least 4 members (excludes halogenated alkanes) is 2. The minimum Gasteiger partial charge on any atom is -0.462 e. The van der Waals surface area contributed by atoms with Crippen LogP contribution in [0.15, 0.2) is 33.2 Å². The third kappa shape index (κ3) is 9.48. The number of carbonyl (C=O) groups is 2. The molecule has 0 radical (unpaired) electrons. The normalized spacial score (nSPS) is 10.6. The van der Waals surface area contributed by atoms with Crippen LogP contribution in [0.5, 0.6) is 5.75 Å². The molecule has 26 heavy (non-hydrogen) atoms. The van der Waals surface area contributed by atoms with Gasteiger partial charge in [0.25, 0.3) is 0 Å². The lowest BCUT2D eigenvalue weighted by atomic mass is 10.1. The first kappa shape index (κ1) is 21.2. The first-order chi connectivity index (χ1) is 12.5. The molecule has 1 rings (SSSR count). The molecule has 0 spiro atoms. The fourth-order valence-corrected chi connectivity index (χ4v) is 2.06. The molecule has 0 aliphatic rings. The van der Waals surface area contributed by atoms with Gasteiger partial charge in [-0.2, -0.15) is 0 Å². The number of hydrogen-bond donors (Lipinski definition) is 0. The lowest BCUT2D eigenvalue weighted by Crippen LogP contribution is -2.05. The largest absolute Gasteiger partial charge is 0.462 e. The van der Waals surface area contributed by atoms with Crippen LogP contribution in [-0.2, 0) is 20.7 Å². The van der Waals surface area contributed by atoms with Crippen molar-refractivity contribution in [1.29, 1.82) is 0 Å². The van der Waals surface area contributed by atoms with Gasteiger partial charge in [-0.15, -0.1) is 5.92 Å². The summed E-state index contributed by atoms with van der Waals surface area (Å²) in [5.41, 5.74) is -0.473. The van der Waals surface area contributed by atoms with Crippen LogP contribution in [0.1, 0.15) is 51.7 Å². The average molecular weight is 360 g/mol. The third-order valence-corrected chi connectivity index (χ3v) is 3.28. The summed E-state index contributed by atoms with van der Waals surface area (Å²) in [7, 11) is 0. The standard InChI is InChI=1S/C20H24O6/c1-3-17(11-13-24-16(2)22)25-19-14-18(26-20(23)15-19)10-8-6-4-5-7-9-12-21/h11-12,14-15H,3-4,6,8-10,13H2,1-2H3/b17-11-. The van der Waals surface area contributed by atoms with E-state index in [-0.39, 0.29) is 19.0 Å². The summed E-state index contributed by atoms with van der Waals surface area (Å²) in [5, 5.41) is 0. The molecule has 0 aromatic carbocycles. The molecular formula is C20H24O6. The van der Waals surface area contributed by atoms with Crippen LogP contribution in [0.4, 0.5) is 0 Å². The van der Waals surface area contributed by atoms with Crippen molar-refractivity contribution in [2.24, 2.45) is 0 Å². The van der Waals surface area contributed by atoms with E-state index in [0.717, 1.165) is 19.1 Å². The van der Waals surface area contributed by atoms with E-state index in [9.17, 15) is 14.4 Å². The Labute approximate surface area is 153 Å². The van der Waals surface area contributed by atoms with Crippen molar-refractivity contribution in [1.82, 2.24) is 0 Å². The SMILES string of the molecule is CC/C(=C/COC(C)=O)Oc1cc(CCCCC#CCC=O)oc(=O)c1. The van der Waals surface area contributed by atoms with Crippen LogP contribution in [0.3, 0.4) is 0 Å². The number of aldehydes is 1. The smallest absolute Gasteiger partial charge is 0.339 e. The molecule has 1 aromatic heterocycles. The molecular weight excluding hydrogens is 336 g/mol. The minimum absolute atomic E-state index is 0.123. The molecule has 0 aliphatic heterocycles. The highest BCUT2D eigenvalue weighted by Crippen LogP contribution is 2.17. The molecule has 0 saturated carbocycles. The van der Waals surface area contributed by atoms with E-state index in [1.165, 1.54) is 13.0 Å². The molecule has 140 valence electrons. The molecule has 1 aromatic rings. The van der Waals surface area contributed by atoms with Gasteiger partial charge in [-0.25, -0.2) is 4.79 Å². The number of esters is 1. The van der Waals surface area contributed by atoms with Gasteiger partial charge in [0.2, 0.25) is 0 Å². The summed E-state index contributed by atoms with van der Waals surface area (Å²) in [4.78, 5) is 32.6. The van der Waals surface area contributed by atoms with Gasteiger partial charge >= 0.3 is 11.6 Å². The number of rotatable bonds is 10. The lowest BCUT2D eigenvalue weighted by Gasteiger charge is -2.09. The van der Waals surface area contributed by atoms with Crippen molar-refractivity contribution in [3.05, 3.63) is 40.1 Å². The summed E-state index contributed by atoms with van der Waals surface area (Å²) < 4.78 is 15.7. The molecule has 0 unspecified atom stereocenters. The van der Waals surface area contributed by atoms with Crippen molar-refractivity contribution in [2.45, 2.75) is 52.4 Å². The Morgan fingerprint density at radius 2 is 2.08 bits per heavy atom. The van der Waals surface area contributed by atoms with Gasteiger partial charge in [0.15, 0.2) is 0 Å². The topological polar surface area (TPSA) is 82.8 Å². The molecule has 6 nitrogen and oxygen atoms in total. The second-order valence-electron chi connectivity index (χ2n) is 5.44. The van der Waals surface area contributed by atoms with E-state index in [1.54, 1.807) is 12.1 Å². The van der Waals surface area contributed by atoms with E-state index in [2.05, 4.69) is 11.8 Å². The van der Waals surface area contributed by atoms with Gasteiger partial charge in [0.1, 0.15) is 30.2 Å². The molecule has 0 aliphatic carbocycles. The minimum atomic E-state index is -0.473. The van der Waals surface area contributed by atoms with E-state index in [0.29, 0.717) is 36.5 Å². The Bertz CT molecular complexity index is 733. The second-order valence-corrected chi connectivity index (χ2v) is 5.44. The maximum Gasteiger partial charge on any atom is 0.339 e. The van der Waals surface area contributed by atoms with Crippen LogP contribution < -0.4 is 10.4 Å². The summed E-state index contributed by atoms with van der Waals surface area (Å²) in [6.45, 7) is 3.36. The van der Waals surface area contributed by atoms with Gasteiger partial charge in [0, 0.05) is 32.3 Å². The zero-order valence-corrected chi connectivity index (χ0v) is 15.2. The maximum atomic E-state index is 11.7. The number of hydrogen-bond acceptors (Lipinski definition) is 6. The zero-order valence-electron chi connectivity index (χ0n) is 15.2. The molecule has 6 heteroatoms. The summed E-state index contributed by atoms with van der Waals surface area (Å²) in [5.74, 6) is 6.85. The van der Waals surface area contributed by atoms with Crippen molar-refractivity contribution in [2.75, 3.05) is 6.61 Å². The van der Waals surface area contributed by atoms with Gasteiger partial charge in [-0.1, -0.05) is 12.8 Å². The summed E-state index contributed by atoms with van der Waals surface area (Å²) in [6, 6.07) is 2.97. The van der Waals surface area contributed by atoms with Crippen LogP contribution in [-0.4, -0.2) is 18.9 Å². The first-order valence-corrected chi connectivity index (χ1v) is 8.58. The fourth-order valence-electron chi connectivity index (χ4n) is 2.06. The Morgan fingerprint density at radius 1 is 1.27 bits per heavy atom. The third-order valence-electron chi connectivity index (χ3n) is 3.28. The maximum absolute atomic E-state index is 11.7. The van der Waals surface area contributed by atoms with Crippen LogP contribution in [0, 0.1) is 11.8 Å². The first-order valence-electron chi connectivity index (χ1n) is 8.58. The van der Waals surface area contributed by atoms with Crippen molar-refractivity contribution < 1.29 is 23.5 Å². The summed E-state index contributed by atoms with van der Waals surface area (Å²) >= 11 is 0. The molecule has 0 saturated heterocycles. The number of ether oxygens (including phenoxy) is 2. The van der Waals surface area contributed by atoms with Crippen LogP contribution in [0.2, 0.25) is 0 Å². The molecule has 0 N–H and O–H groups in total. The molecule has 0 fully saturated rings. The van der Waals surface area contributed by atoms with Gasteiger partial charge in [-0.05, 0) is 18.9 Å². The number of allylic oxidation sites excluding steroid dienone is 1. The fraction of sp³-hybridized carbons (Fsp3) is 0.450. The predicted molar refractivity (Wildman–Crippen MR) is 96.6 cm³/mol. The summed E-state index contributed by atoms with van der Waals surface area (Å²) in [6.07, 6.45) is 6.25. The van der Waals surface area contributed by atoms with Gasteiger partial charge in [0.05, 0.1) is 12.5 Å². The molecule has 0 amide bonds. The predicted octanol–water partition coefficient (Wildman–Crippen LogP) is 3.18. The molecule has 1 heterocycles. The number of carbonyl (C=O) groups excluding carboxylic acids is 2. The van der Waals surface area contributed by atoms with Crippen molar-refractivity contribution >= 4 is 12.3 Å². The Morgan fingerprint density at radius 3 is 2.77 bits per heavy atom. The highest BCUT2D eigenvalue weighted by Gasteiger charge is 2.06. The Hall–Kier alpha value is -2.81. The van der Waals surface area contributed by atoms with Crippen LogP contribution in [0.25, 0.3) is 0 Å². The van der Waals surface area contributed by atoms with Crippen molar-refractivity contribution in [3.8, 4) is 17.6 Å².